The second-order valence-corrected chi connectivity index (χ2v) is 6.37. The third-order valence-corrected chi connectivity index (χ3v) is 4.89. The zero-order valence-electron chi connectivity index (χ0n) is 13.8. The third-order valence-electron chi connectivity index (χ3n) is 4.89. The third kappa shape index (κ3) is 3.99. The van der Waals surface area contributed by atoms with E-state index in [-0.39, 0.29) is 12.3 Å². The predicted octanol–water partition coefficient (Wildman–Crippen LogP) is 3.05. The van der Waals surface area contributed by atoms with E-state index in [0.29, 0.717) is 5.92 Å². The average Bonchev–Trinajstić information content (AvgIpc) is 2.90. The van der Waals surface area contributed by atoms with Crippen LogP contribution in [0.1, 0.15) is 17.5 Å². The molecule has 1 heterocycles. The van der Waals surface area contributed by atoms with Crippen LogP contribution in [0.15, 0.2) is 60.7 Å². The number of ether oxygens (including phenoxy) is 1. The molecular weight excluding hydrogens is 284 g/mol. The van der Waals surface area contributed by atoms with E-state index in [9.17, 15) is 0 Å². The van der Waals surface area contributed by atoms with E-state index in [1.807, 2.05) is 6.07 Å². The Kier molecular flexibility index (Phi) is 5.44. The highest BCUT2D eigenvalue weighted by Gasteiger charge is 2.39. The number of benzene rings is 2. The summed E-state index contributed by atoms with van der Waals surface area (Å²) >= 11 is 0. The van der Waals surface area contributed by atoms with Gasteiger partial charge in [-0.05, 0) is 24.0 Å². The van der Waals surface area contributed by atoms with E-state index in [1.54, 1.807) is 7.11 Å². The first kappa shape index (κ1) is 16.2. The molecule has 2 aromatic carbocycles. The summed E-state index contributed by atoms with van der Waals surface area (Å²) in [6.45, 7) is 1.80. The Labute approximate surface area is 139 Å². The first-order chi connectivity index (χ1) is 11.3. The largest absolute Gasteiger partial charge is 0.380 e. The molecule has 23 heavy (non-hydrogen) atoms. The molecular formula is C20H26N2O. The van der Waals surface area contributed by atoms with E-state index in [0.717, 1.165) is 25.9 Å². The number of methoxy groups -OCH3 is 1. The molecule has 0 spiro atoms. The van der Waals surface area contributed by atoms with E-state index in [2.05, 4.69) is 59.5 Å². The highest BCUT2D eigenvalue weighted by atomic mass is 16.5. The van der Waals surface area contributed by atoms with Gasteiger partial charge in [0.15, 0.2) is 0 Å². The molecule has 2 N–H and O–H groups in total. The van der Waals surface area contributed by atoms with Crippen LogP contribution in [0.25, 0.3) is 0 Å². The molecule has 0 amide bonds. The lowest BCUT2D eigenvalue weighted by Gasteiger charge is -2.24. The quantitative estimate of drug-likeness (QED) is 0.891. The number of likely N-dealkylation sites (tertiary alicyclic amines) is 1. The average molecular weight is 310 g/mol. The zero-order chi connectivity index (χ0) is 16.1. The topological polar surface area (TPSA) is 38.5 Å². The lowest BCUT2D eigenvalue weighted by Crippen LogP contribution is -2.40. The molecule has 1 aliphatic heterocycles. The van der Waals surface area contributed by atoms with Crippen molar-refractivity contribution in [1.29, 1.82) is 0 Å². The van der Waals surface area contributed by atoms with Crippen molar-refractivity contribution in [2.75, 3.05) is 13.7 Å². The summed E-state index contributed by atoms with van der Waals surface area (Å²) in [5.41, 5.74) is 9.23. The Balaban J connectivity index is 1.63. The number of hydrogen-bond donors (Lipinski definition) is 1. The number of nitrogens with zero attached hydrogens (tertiary/aromatic N) is 1. The Morgan fingerprint density at radius 2 is 1.61 bits per heavy atom. The molecule has 0 saturated carbocycles. The normalized spacial score (nSPS) is 24.9. The summed E-state index contributed by atoms with van der Waals surface area (Å²) in [4.78, 5) is 2.35. The first-order valence-corrected chi connectivity index (χ1v) is 8.38. The monoisotopic (exact) mass is 310 g/mol. The SMILES string of the molecule is COC1CN(Cc2ccccc2)C(N)C1CCc1ccccc1. The number of rotatable bonds is 6. The fourth-order valence-electron chi connectivity index (χ4n) is 3.55. The van der Waals surface area contributed by atoms with E-state index in [4.69, 9.17) is 10.5 Å². The summed E-state index contributed by atoms with van der Waals surface area (Å²) in [5, 5.41) is 0. The summed E-state index contributed by atoms with van der Waals surface area (Å²) in [7, 11) is 1.80. The Morgan fingerprint density at radius 3 is 2.22 bits per heavy atom. The molecule has 0 aromatic heterocycles. The minimum absolute atomic E-state index is 0.0591. The summed E-state index contributed by atoms with van der Waals surface area (Å²) in [6, 6.07) is 21.2. The van der Waals surface area contributed by atoms with Crippen molar-refractivity contribution in [2.24, 2.45) is 11.7 Å². The van der Waals surface area contributed by atoms with Gasteiger partial charge in [0.05, 0.1) is 12.3 Å². The number of hydrogen-bond acceptors (Lipinski definition) is 3. The van der Waals surface area contributed by atoms with E-state index < -0.39 is 0 Å². The maximum atomic E-state index is 6.55. The van der Waals surface area contributed by atoms with Crippen molar-refractivity contribution in [2.45, 2.75) is 31.7 Å². The standard InChI is InChI=1S/C20H26N2O/c1-23-19-15-22(14-17-10-6-3-7-11-17)20(21)18(19)13-12-16-8-4-2-5-9-16/h2-11,18-20H,12-15,21H2,1H3. The second kappa shape index (κ2) is 7.73. The van der Waals surface area contributed by atoms with Crippen molar-refractivity contribution in [3.63, 3.8) is 0 Å². The molecule has 1 fully saturated rings. The molecule has 3 unspecified atom stereocenters. The molecule has 3 nitrogen and oxygen atoms in total. The smallest absolute Gasteiger partial charge is 0.0754 e. The van der Waals surface area contributed by atoms with Gasteiger partial charge in [-0.3, -0.25) is 4.90 Å². The number of aryl methyl sites for hydroxylation is 1. The van der Waals surface area contributed by atoms with Crippen LogP contribution in [0.5, 0.6) is 0 Å². The van der Waals surface area contributed by atoms with Gasteiger partial charge in [-0.15, -0.1) is 0 Å². The fourth-order valence-corrected chi connectivity index (χ4v) is 3.55. The molecule has 0 aliphatic carbocycles. The molecule has 0 bridgehead atoms. The van der Waals surface area contributed by atoms with Crippen molar-refractivity contribution in [3.05, 3.63) is 71.8 Å². The molecule has 3 heteroatoms. The van der Waals surface area contributed by atoms with Crippen LogP contribution in [0.3, 0.4) is 0 Å². The van der Waals surface area contributed by atoms with Gasteiger partial charge in [0, 0.05) is 26.1 Å². The van der Waals surface area contributed by atoms with Gasteiger partial charge >= 0.3 is 0 Å². The van der Waals surface area contributed by atoms with Gasteiger partial charge in [0.1, 0.15) is 0 Å². The van der Waals surface area contributed by atoms with E-state index in [1.165, 1.54) is 11.1 Å². The molecule has 3 atom stereocenters. The van der Waals surface area contributed by atoms with Crippen molar-refractivity contribution in [1.82, 2.24) is 4.90 Å². The summed E-state index contributed by atoms with van der Waals surface area (Å²) < 4.78 is 5.73. The van der Waals surface area contributed by atoms with Crippen LogP contribution in [0.4, 0.5) is 0 Å². The van der Waals surface area contributed by atoms with Crippen molar-refractivity contribution in [3.8, 4) is 0 Å². The minimum Gasteiger partial charge on any atom is -0.380 e. The lowest BCUT2D eigenvalue weighted by atomic mass is 9.94. The molecule has 3 rings (SSSR count). The zero-order valence-corrected chi connectivity index (χ0v) is 13.8. The molecule has 1 aliphatic rings. The second-order valence-electron chi connectivity index (χ2n) is 6.37. The van der Waals surface area contributed by atoms with Gasteiger partial charge in [-0.25, -0.2) is 0 Å². The van der Waals surface area contributed by atoms with Gasteiger partial charge in [0.25, 0.3) is 0 Å². The Morgan fingerprint density at radius 1 is 1.00 bits per heavy atom. The molecule has 2 aromatic rings. The van der Waals surface area contributed by atoms with Crippen molar-refractivity contribution >= 4 is 0 Å². The molecule has 0 radical (unpaired) electrons. The molecule has 122 valence electrons. The van der Waals surface area contributed by atoms with E-state index >= 15 is 0 Å². The maximum Gasteiger partial charge on any atom is 0.0754 e. The highest BCUT2D eigenvalue weighted by molar-refractivity contribution is 5.16. The summed E-state index contributed by atoms with van der Waals surface area (Å²) in [6.07, 6.45) is 2.40. The summed E-state index contributed by atoms with van der Waals surface area (Å²) in [5.74, 6) is 0.379. The lowest BCUT2D eigenvalue weighted by molar-refractivity contribution is 0.0727. The maximum absolute atomic E-state index is 6.55. The predicted molar refractivity (Wildman–Crippen MR) is 93.9 cm³/mol. The van der Waals surface area contributed by atoms with Crippen molar-refractivity contribution < 1.29 is 4.74 Å². The Hall–Kier alpha value is -1.68. The Bertz CT molecular complexity index is 587. The van der Waals surface area contributed by atoms with Gasteiger partial charge in [-0.1, -0.05) is 60.7 Å². The van der Waals surface area contributed by atoms with Crippen LogP contribution in [-0.2, 0) is 17.7 Å². The van der Waals surface area contributed by atoms with Crippen LogP contribution in [-0.4, -0.2) is 30.8 Å². The van der Waals surface area contributed by atoms with Crippen LogP contribution >= 0.6 is 0 Å². The first-order valence-electron chi connectivity index (χ1n) is 8.38. The van der Waals surface area contributed by atoms with Gasteiger partial charge < -0.3 is 10.5 Å². The molecule has 1 saturated heterocycles. The van der Waals surface area contributed by atoms with Gasteiger partial charge in [-0.2, -0.15) is 0 Å². The van der Waals surface area contributed by atoms with Gasteiger partial charge in [0.2, 0.25) is 0 Å². The fraction of sp³-hybridized carbons (Fsp3) is 0.400. The number of nitrogens with two attached hydrogens (primary N) is 1. The van der Waals surface area contributed by atoms with Crippen LogP contribution in [0, 0.1) is 5.92 Å². The highest BCUT2D eigenvalue weighted by Crippen LogP contribution is 2.29. The minimum atomic E-state index is 0.0591. The van der Waals surface area contributed by atoms with Crippen LogP contribution in [0.2, 0.25) is 0 Å². The van der Waals surface area contributed by atoms with Crippen LogP contribution < -0.4 is 5.73 Å².